The van der Waals surface area contributed by atoms with Gasteiger partial charge in [-0.1, -0.05) is 37.0 Å². The molecule has 2 N–H and O–H groups in total. The summed E-state index contributed by atoms with van der Waals surface area (Å²) < 4.78 is 0. The normalized spacial score (nSPS) is 24.6. The first kappa shape index (κ1) is 12.8. The fraction of sp³-hybridized carbons (Fsp3) is 0.385. The predicted molar refractivity (Wildman–Crippen MR) is 73.8 cm³/mol. The summed E-state index contributed by atoms with van der Waals surface area (Å²) in [6, 6.07) is 3.39. The quantitative estimate of drug-likeness (QED) is 0.888. The second-order valence-electron chi connectivity index (χ2n) is 5.52. The number of hydrogen-bond acceptors (Lipinski definition) is 2. The van der Waals surface area contributed by atoms with Crippen molar-refractivity contribution in [2.45, 2.75) is 19.8 Å². The number of aliphatic carboxylic acids is 1. The van der Waals surface area contributed by atoms with E-state index >= 15 is 0 Å². The Morgan fingerprint density at radius 1 is 1.37 bits per heavy atom. The number of carboxylic acids is 1. The van der Waals surface area contributed by atoms with Crippen LogP contribution in [0.2, 0.25) is 10.0 Å². The molecular weight excluding hydrogens is 287 g/mol. The molecule has 2 aromatic rings. The number of hydrogen-bond donors (Lipinski definition) is 2. The number of aromatic amines is 1. The number of carboxylic acid groups (broad SMARTS) is 1. The Bertz CT molecular complexity index is 654. The summed E-state index contributed by atoms with van der Waals surface area (Å²) in [5.41, 5.74) is 1.19. The van der Waals surface area contributed by atoms with Gasteiger partial charge in [-0.2, -0.15) is 0 Å². The van der Waals surface area contributed by atoms with E-state index in [2.05, 4.69) is 9.97 Å². The number of H-pyrrole nitrogens is 1. The summed E-state index contributed by atoms with van der Waals surface area (Å²) in [5.74, 6) is -0.605. The highest BCUT2D eigenvalue weighted by Crippen LogP contribution is 2.63. The van der Waals surface area contributed by atoms with Crippen LogP contribution in [0.25, 0.3) is 11.0 Å². The third-order valence-electron chi connectivity index (χ3n) is 3.93. The van der Waals surface area contributed by atoms with Gasteiger partial charge in [0.05, 0.1) is 27.0 Å². The van der Waals surface area contributed by atoms with Crippen LogP contribution in [0.15, 0.2) is 12.1 Å². The summed E-state index contributed by atoms with van der Waals surface area (Å²) in [7, 11) is 0. The standard InChI is InChI=1S/C13H12Cl2N2O2/c1-13(2)9(10(13)12(18)19)11-16-7-3-5(14)6(15)4-8(7)17-11/h3-4,9-10H,1-2H3,(H,16,17)(H,18,19). The highest BCUT2D eigenvalue weighted by Gasteiger charge is 2.64. The predicted octanol–water partition coefficient (Wildman–Crippen LogP) is 3.69. The molecule has 100 valence electrons. The highest BCUT2D eigenvalue weighted by atomic mass is 35.5. The lowest BCUT2D eigenvalue weighted by Crippen LogP contribution is -2.03. The smallest absolute Gasteiger partial charge is 0.307 e. The van der Waals surface area contributed by atoms with Gasteiger partial charge >= 0.3 is 5.97 Å². The van der Waals surface area contributed by atoms with Gasteiger partial charge in [-0.25, -0.2) is 4.98 Å². The van der Waals surface area contributed by atoms with E-state index in [0.29, 0.717) is 21.4 Å². The van der Waals surface area contributed by atoms with Crippen LogP contribution in [0.5, 0.6) is 0 Å². The van der Waals surface area contributed by atoms with Gasteiger partial charge in [0, 0.05) is 5.92 Å². The third-order valence-corrected chi connectivity index (χ3v) is 4.65. The van der Waals surface area contributed by atoms with Crippen molar-refractivity contribution in [2.24, 2.45) is 11.3 Å². The Balaban J connectivity index is 2.06. The van der Waals surface area contributed by atoms with E-state index in [-0.39, 0.29) is 11.3 Å². The molecule has 2 atom stereocenters. The van der Waals surface area contributed by atoms with Crippen molar-refractivity contribution >= 4 is 40.2 Å². The molecule has 1 aliphatic carbocycles. The first-order valence-electron chi connectivity index (χ1n) is 5.90. The summed E-state index contributed by atoms with van der Waals surface area (Å²) in [4.78, 5) is 18.8. The van der Waals surface area contributed by atoms with Gasteiger partial charge in [-0.3, -0.25) is 4.79 Å². The molecule has 1 aromatic heterocycles. The Morgan fingerprint density at radius 3 is 2.58 bits per heavy atom. The Labute approximate surface area is 119 Å². The minimum Gasteiger partial charge on any atom is -0.481 e. The zero-order valence-electron chi connectivity index (χ0n) is 10.4. The molecule has 4 nitrogen and oxygen atoms in total. The van der Waals surface area contributed by atoms with Crippen molar-refractivity contribution < 1.29 is 9.90 Å². The van der Waals surface area contributed by atoms with Crippen molar-refractivity contribution in [2.75, 3.05) is 0 Å². The molecule has 0 bridgehead atoms. The number of nitrogens with one attached hydrogen (secondary N) is 1. The fourth-order valence-electron chi connectivity index (χ4n) is 2.78. The monoisotopic (exact) mass is 298 g/mol. The molecule has 6 heteroatoms. The Morgan fingerprint density at radius 2 is 2.00 bits per heavy atom. The van der Waals surface area contributed by atoms with Crippen LogP contribution < -0.4 is 0 Å². The van der Waals surface area contributed by atoms with Crippen molar-refractivity contribution in [1.82, 2.24) is 9.97 Å². The summed E-state index contributed by atoms with van der Waals surface area (Å²) >= 11 is 11.9. The van der Waals surface area contributed by atoms with Gasteiger partial charge in [0.1, 0.15) is 5.82 Å². The van der Waals surface area contributed by atoms with E-state index in [1.165, 1.54) is 0 Å². The maximum atomic E-state index is 11.2. The zero-order chi connectivity index (χ0) is 13.9. The molecule has 2 unspecified atom stereocenters. The highest BCUT2D eigenvalue weighted by molar-refractivity contribution is 6.42. The summed E-state index contributed by atoms with van der Waals surface area (Å²) in [6.07, 6.45) is 0. The lowest BCUT2D eigenvalue weighted by Gasteiger charge is -1.97. The van der Waals surface area contributed by atoms with Gasteiger partial charge in [-0.15, -0.1) is 0 Å². The second kappa shape index (κ2) is 3.87. The first-order chi connectivity index (χ1) is 8.82. The number of nitrogens with zero attached hydrogens (tertiary/aromatic N) is 1. The zero-order valence-corrected chi connectivity index (χ0v) is 11.9. The van der Waals surface area contributed by atoms with Gasteiger partial charge in [0.2, 0.25) is 0 Å². The van der Waals surface area contributed by atoms with Crippen LogP contribution in [0.1, 0.15) is 25.6 Å². The third kappa shape index (κ3) is 1.82. The van der Waals surface area contributed by atoms with Crippen LogP contribution in [0.4, 0.5) is 0 Å². The molecule has 0 radical (unpaired) electrons. The number of rotatable bonds is 2. The molecule has 0 saturated heterocycles. The van der Waals surface area contributed by atoms with Crippen LogP contribution in [-0.4, -0.2) is 21.0 Å². The number of aromatic nitrogens is 2. The van der Waals surface area contributed by atoms with Crippen molar-refractivity contribution in [3.63, 3.8) is 0 Å². The van der Waals surface area contributed by atoms with Crippen LogP contribution in [0.3, 0.4) is 0 Å². The minimum absolute atomic E-state index is 0.102. The van der Waals surface area contributed by atoms with Crippen LogP contribution in [-0.2, 0) is 4.79 Å². The van der Waals surface area contributed by atoms with Crippen LogP contribution >= 0.6 is 23.2 Å². The van der Waals surface area contributed by atoms with E-state index in [0.717, 1.165) is 5.52 Å². The van der Waals surface area contributed by atoms with E-state index in [1.807, 2.05) is 13.8 Å². The maximum Gasteiger partial charge on any atom is 0.307 e. The Hall–Kier alpha value is -1.26. The molecule has 3 rings (SSSR count). The summed E-state index contributed by atoms with van der Waals surface area (Å²) in [6.45, 7) is 3.87. The number of imidazole rings is 1. The van der Waals surface area contributed by atoms with Gasteiger partial charge in [0.15, 0.2) is 0 Å². The van der Waals surface area contributed by atoms with Crippen molar-refractivity contribution in [1.29, 1.82) is 0 Å². The molecule has 0 spiro atoms. The van der Waals surface area contributed by atoms with E-state index in [9.17, 15) is 9.90 Å². The number of benzene rings is 1. The lowest BCUT2D eigenvalue weighted by atomic mass is 10.1. The van der Waals surface area contributed by atoms with E-state index in [4.69, 9.17) is 23.2 Å². The minimum atomic E-state index is -0.786. The molecule has 1 heterocycles. The molecule has 1 aromatic carbocycles. The van der Waals surface area contributed by atoms with E-state index < -0.39 is 11.9 Å². The molecular formula is C13H12Cl2N2O2. The molecule has 1 aliphatic rings. The average Bonchev–Trinajstić information content (AvgIpc) is 2.67. The fourth-order valence-corrected chi connectivity index (χ4v) is 3.10. The molecule has 1 saturated carbocycles. The van der Waals surface area contributed by atoms with Crippen molar-refractivity contribution in [3.05, 3.63) is 28.0 Å². The van der Waals surface area contributed by atoms with Crippen LogP contribution in [0, 0.1) is 11.3 Å². The van der Waals surface area contributed by atoms with Gasteiger partial charge < -0.3 is 10.1 Å². The van der Waals surface area contributed by atoms with Gasteiger partial charge in [-0.05, 0) is 17.5 Å². The number of halogens is 2. The summed E-state index contributed by atoms with van der Waals surface area (Å²) in [5, 5.41) is 10.1. The second-order valence-corrected chi connectivity index (χ2v) is 6.33. The first-order valence-corrected chi connectivity index (χ1v) is 6.65. The number of fused-ring (bicyclic) bond motifs is 1. The topological polar surface area (TPSA) is 66.0 Å². The van der Waals surface area contributed by atoms with Gasteiger partial charge in [0.25, 0.3) is 0 Å². The lowest BCUT2D eigenvalue weighted by molar-refractivity contribution is -0.139. The molecule has 1 fully saturated rings. The van der Waals surface area contributed by atoms with Crippen molar-refractivity contribution in [3.8, 4) is 0 Å². The number of carbonyl (C=O) groups is 1. The van der Waals surface area contributed by atoms with E-state index in [1.54, 1.807) is 12.1 Å². The average molecular weight is 299 g/mol. The maximum absolute atomic E-state index is 11.2. The Kier molecular flexibility index (Phi) is 2.60. The molecule has 0 aliphatic heterocycles. The largest absolute Gasteiger partial charge is 0.481 e. The SMILES string of the molecule is CC1(C)C(C(=O)O)C1c1nc2cc(Cl)c(Cl)cc2[nH]1. The molecule has 0 amide bonds. The molecule has 19 heavy (non-hydrogen) atoms.